The van der Waals surface area contributed by atoms with E-state index in [1.165, 1.54) is 24.2 Å². The van der Waals surface area contributed by atoms with Crippen LogP contribution < -0.4 is 5.32 Å². The van der Waals surface area contributed by atoms with Crippen molar-refractivity contribution in [3.63, 3.8) is 0 Å². The molecule has 1 atom stereocenters. The predicted molar refractivity (Wildman–Crippen MR) is 106 cm³/mol. The van der Waals surface area contributed by atoms with Gasteiger partial charge in [0.25, 0.3) is 0 Å². The number of nitrogens with zero attached hydrogens (tertiary/aromatic N) is 2. The lowest BCUT2D eigenvalue weighted by Crippen LogP contribution is -2.35. The summed E-state index contributed by atoms with van der Waals surface area (Å²) in [6.45, 7) is 0.542. The molecular weight excluding hydrogens is 414 g/mol. The maximum Gasteiger partial charge on any atom is 0.231 e. The molecule has 0 radical (unpaired) electrons. The molecule has 2 aromatic rings. The molecule has 1 aromatic heterocycles. The van der Waals surface area contributed by atoms with Crippen LogP contribution in [-0.2, 0) is 9.59 Å². The first kappa shape index (κ1) is 17.7. The first-order valence-electron chi connectivity index (χ1n) is 8.92. The fourth-order valence-electron chi connectivity index (χ4n) is 3.77. The number of carbonyl (C=O) groups excluding carboxylic acids is 2. The Labute approximate surface area is 164 Å². The second-order valence-electron chi connectivity index (χ2n) is 6.92. The van der Waals surface area contributed by atoms with Crippen LogP contribution in [0, 0.1) is 5.92 Å². The van der Waals surface area contributed by atoms with Crippen LogP contribution in [0.1, 0.15) is 32.1 Å². The molecule has 26 heavy (non-hydrogen) atoms. The van der Waals surface area contributed by atoms with Crippen LogP contribution in [0.3, 0.4) is 0 Å². The summed E-state index contributed by atoms with van der Waals surface area (Å²) in [5, 5.41) is 5.41. The highest BCUT2D eigenvalue weighted by Crippen LogP contribution is 2.31. The van der Waals surface area contributed by atoms with Gasteiger partial charge in [-0.05, 0) is 25.0 Å². The van der Waals surface area contributed by atoms with Crippen molar-refractivity contribution in [1.82, 2.24) is 9.88 Å². The van der Waals surface area contributed by atoms with Crippen LogP contribution in [0.25, 0.3) is 11.3 Å². The number of likely N-dealkylation sites (tertiary alicyclic amines) is 1. The first-order chi connectivity index (χ1) is 12.6. The average Bonchev–Trinajstić information content (AvgIpc) is 3.36. The molecule has 0 spiro atoms. The van der Waals surface area contributed by atoms with Crippen LogP contribution in [0.5, 0.6) is 0 Å². The summed E-state index contributed by atoms with van der Waals surface area (Å²) in [7, 11) is 0. The van der Waals surface area contributed by atoms with E-state index < -0.39 is 0 Å². The number of carbonyl (C=O) groups is 2. The van der Waals surface area contributed by atoms with Gasteiger partial charge in [0.05, 0.1) is 11.6 Å². The average molecular weight is 434 g/mol. The number of rotatable bonds is 4. The normalized spacial score (nSPS) is 20.7. The summed E-state index contributed by atoms with van der Waals surface area (Å²) < 4.78 is 1.02. The van der Waals surface area contributed by atoms with Crippen molar-refractivity contribution in [3.05, 3.63) is 34.1 Å². The van der Waals surface area contributed by atoms with Crippen LogP contribution in [0.4, 0.5) is 5.13 Å². The van der Waals surface area contributed by atoms with Gasteiger partial charge in [-0.15, -0.1) is 11.3 Å². The lowest BCUT2D eigenvalue weighted by molar-refractivity contribution is -0.129. The Bertz CT molecular complexity index is 814. The molecule has 5 nitrogen and oxygen atoms in total. The number of anilines is 1. The molecule has 0 bridgehead atoms. The molecule has 1 saturated carbocycles. The molecule has 1 aromatic carbocycles. The fraction of sp³-hybridized carbons (Fsp3) is 0.421. The largest absolute Gasteiger partial charge is 0.339 e. The van der Waals surface area contributed by atoms with E-state index >= 15 is 0 Å². The van der Waals surface area contributed by atoms with Crippen molar-refractivity contribution < 1.29 is 9.59 Å². The third-order valence-electron chi connectivity index (χ3n) is 5.17. The minimum atomic E-state index is -0.275. The third-order valence-corrected chi connectivity index (χ3v) is 6.46. The number of halogens is 1. The van der Waals surface area contributed by atoms with Crippen molar-refractivity contribution in [3.8, 4) is 11.3 Å². The van der Waals surface area contributed by atoms with E-state index in [9.17, 15) is 9.59 Å². The highest BCUT2D eigenvalue weighted by molar-refractivity contribution is 9.10. The molecule has 136 valence electrons. The standard InChI is InChI=1S/C19H20BrN3O2S/c20-14-7-5-12(6-8-14)16-11-26-19(21-16)22-18(25)13-9-17(24)23(10-13)15-3-1-2-4-15/h5-8,11,13,15H,1-4,9-10H2,(H,21,22,25). The second kappa shape index (κ2) is 7.48. The Morgan fingerprint density at radius 2 is 1.96 bits per heavy atom. The lowest BCUT2D eigenvalue weighted by atomic mass is 10.1. The monoisotopic (exact) mass is 433 g/mol. The number of aromatic nitrogens is 1. The van der Waals surface area contributed by atoms with Gasteiger partial charge in [-0.1, -0.05) is 40.9 Å². The van der Waals surface area contributed by atoms with Crippen LogP contribution in [-0.4, -0.2) is 34.3 Å². The van der Waals surface area contributed by atoms with Crippen molar-refractivity contribution in [2.75, 3.05) is 11.9 Å². The first-order valence-corrected chi connectivity index (χ1v) is 10.6. The number of amides is 2. The molecule has 1 unspecified atom stereocenters. The molecule has 7 heteroatoms. The van der Waals surface area contributed by atoms with Gasteiger partial charge in [-0.2, -0.15) is 0 Å². The minimum absolute atomic E-state index is 0.101. The van der Waals surface area contributed by atoms with Gasteiger partial charge in [0.2, 0.25) is 11.8 Å². The van der Waals surface area contributed by atoms with E-state index in [1.807, 2.05) is 34.5 Å². The molecular formula is C19H20BrN3O2S. The van der Waals surface area contributed by atoms with E-state index in [4.69, 9.17) is 0 Å². The van der Waals surface area contributed by atoms with E-state index in [2.05, 4.69) is 26.2 Å². The topological polar surface area (TPSA) is 62.3 Å². The number of hydrogen-bond donors (Lipinski definition) is 1. The van der Waals surface area contributed by atoms with Crippen molar-refractivity contribution in [2.45, 2.75) is 38.1 Å². The van der Waals surface area contributed by atoms with E-state index in [1.54, 1.807) is 0 Å². The Morgan fingerprint density at radius 1 is 1.23 bits per heavy atom. The number of nitrogens with one attached hydrogen (secondary N) is 1. The molecule has 2 aliphatic rings. The SMILES string of the molecule is O=C(Nc1nc(-c2ccc(Br)cc2)cs1)C1CC(=O)N(C2CCCC2)C1. The van der Waals surface area contributed by atoms with Gasteiger partial charge < -0.3 is 10.2 Å². The van der Waals surface area contributed by atoms with Gasteiger partial charge in [0.15, 0.2) is 5.13 Å². The van der Waals surface area contributed by atoms with Crippen LogP contribution in [0.15, 0.2) is 34.1 Å². The van der Waals surface area contributed by atoms with Crippen molar-refractivity contribution in [1.29, 1.82) is 0 Å². The number of benzene rings is 1. The molecule has 2 heterocycles. The minimum Gasteiger partial charge on any atom is -0.339 e. The van der Waals surface area contributed by atoms with Crippen LogP contribution >= 0.6 is 27.3 Å². The number of thiazole rings is 1. The quantitative estimate of drug-likeness (QED) is 0.781. The van der Waals surface area contributed by atoms with Gasteiger partial charge in [-0.3, -0.25) is 9.59 Å². The Hall–Kier alpha value is -1.73. The van der Waals surface area contributed by atoms with E-state index in [0.29, 0.717) is 24.1 Å². The third kappa shape index (κ3) is 3.69. The van der Waals surface area contributed by atoms with E-state index in [0.717, 1.165) is 28.6 Å². The second-order valence-corrected chi connectivity index (χ2v) is 8.69. The molecule has 1 aliphatic heterocycles. The molecule has 1 saturated heterocycles. The lowest BCUT2D eigenvalue weighted by Gasteiger charge is -2.23. The Kier molecular flexibility index (Phi) is 5.09. The molecule has 1 aliphatic carbocycles. The molecule has 2 fully saturated rings. The summed E-state index contributed by atoms with van der Waals surface area (Å²) in [6.07, 6.45) is 4.83. The molecule has 4 rings (SSSR count). The summed E-state index contributed by atoms with van der Waals surface area (Å²) in [6, 6.07) is 8.24. The van der Waals surface area contributed by atoms with Gasteiger partial charge in [0.1, 0.15) is 0 Å². The number of hydrogen-bond acceptors (Lipinski definition) is 4. The highest BCUT2D eigenvalue weighted by Gasteiger charge is 2.38. The Morgan fingerprint density at radius 3 is 2.69 bits per heavy atom. The summed E-state index contributed by atoms with van der Waals surface area (Å²) in [4.78, 5) is 31.3. The summed E-state index contributed by atoms with van der Waals surface area (Å²) >= 11 is 4.83. The summed E-state index contributed by atoms with van der Waals surface area (Å²) in [5.41, 5.74) is 1.85. The maximum atomic E-state index is 12.6. The fourth-order valence-corrected chi connectivity index (χ4v) is 4.75. The van der Waals surface area contributed by atoms with Gasteiger partial charge >= 0.3 is 0 Å². The highest BCUT2D eigenvalue weighted by atomic mass is 79.9. The zero-order valence-corrected chi connectivity index (χ0v) is 16.7. The molecule has 1 N–H and O–H groups in total. The van der Waals surface area contributed by atoms with Gasteiger partial charge in [0, 0.05) is 34.4 Å². The van der Waals surface area contributed by atoms with Crippen molar-refractivity contribution >= 4 is 44.2 Å². The smallest absolute Gasteiger partial charge is 0.231 e. The van der Waals surface area contributed by atoms with Crippen molar-refractivity contribution in [2.24, 2.45) is 5.92 Å². The predicted octanol–water partition coefficient (Wildman–Crippen LogP) is 4.30. The zero-order valence-electron chi connectivity index (χ0n) is 14.3. The molecule has 2 amide bonds. The zero-order chi connectivity index (χ0) is 18.1. The summed E-state index contributed by atoms with van der Waals surface area (Å²) in [5.74, 6) is -0.259. The Balaban J connectivity index is 1.39. The van der Waals surface area contributed by atoms with Gasteiger partial charge in [-0.25, -0.2) is 4.98 Å². The van der Waals surface area contributed by atoms with E-state index in [-0.39, 0.29) is 17.7 Å². The van der Waals surface area contributed by atoms with Crippen LogP contribution in [0.2, 0.25) is 0 Å². The maximum absolute atomic E-state index is 12.6.